The van der Waals surface area contributed by atoms with Crippen LogP contribution in [0.4, 0.5) is 0 Å². The summed E-state index contributed by atoms with van der Waals surface area (Å²) in [4.78, 5) is 0. The molecule has 1 atom stereocenters. The van der Waals surface area contributed by atoms with Gasteiger partial charge in [0.25, 0.3) is 0 Å². The third-order valence-corrected chi connectivity index (χ3v) is 1.85. The largest absolute Gasteiger partial charge is 0.504 e. The number of benzene rings is 1. The predicted molar refractivity (Wildman–Crippen MR) is 47.1 cm³/mol. The molecule has 0 bridgehead atoms. The van der Waals surface area contributed by atoms with E-state index in [0.29, 0.717) is 0 Å². The SMILES string of the molecule is Cc1cc(O)c(O)cc1C(C)N. The topological polar surface area (TPSA) is 66.5 Å². The van der Waals surface area contributed by atoms with Crippen LogP contribution in [0, 0.1) is 6.92 Å². The number of phenols is 2. The quantitative estimate of drug-likeness (QED) is 0.554. The van der Waals surface area contributed by atoms with Crippen LogP contribution in [0.25, 0.3) is 0 Å². The van der Waals surface area contributed by atoms with E-state index >= 15 is 0 Å². The number of hydrogen-bond donors (Lipinski definition) is 3. The van der Waals surface area contributed by atoms with Crippen LogP contribution in [-0.2, 0) is 0 Å². The minimum absolute atomic E-state index is 0.100. The molecule has 3 nitrogen and oxygen atoms in total. The summed E-state index contributed by atoms with van der Waals surface area (Å²) in [5.41, 5.74) is 7.38. The molecule has 0 heterocycles. The molecule has 1 aromatic carbocycles. The Kier molecular flexibility index (Phi) is 2.24. The average Bonchev–Trinajstić information content (AvgIpc) is 1.96. The van der Waals surface area contributed by atoms with Gasteiger partial charge in [-0.1, -0.05) is 0 Å². The lowest BCUT2D eigenvalue weighted by Gasteiger charge is -2.10. The maximum absolute atomic E-state index is 9.17. The van der Waals surface area contributed by atoms with Crippen LogP contribution >= 0.6 is 0 Å². The summed E-state index contributed by atoms with van der Waals surface area (Å²) < 4.78 is 0. The molecule has 1 rings (SSSR count). The van der Waals surface area contributed by atoms with Crippen molar-refractivity contribution >= 4 is 0 Å². The second-order valence-electron chi connectivity index (χ2n) is 2.99. The van der Waals surface area contributed by atoms with Crippen molar-refractivity contribution in [3.8, 4) is 11.5 Å². The summed E-state index contributed by atoms with van der Waals surface area (Å²) in [6.07, 6.45) is 0. The molecule has 66 valence electrons. The monoisotopic (exact) mass is 167 g/mol. The highest BCUT2D eigenvalue weighted by atomic mass is 16.3. The van der Waals surface area contributed by atoms with E-state index in [2.05, 4.69) is 0 Å². The fourth-order valence-electron chi connectivity index (χ4n) is 1.19. The fraction of sp³-hybridized carbons (Fsp3) is 0.333. The Morgan fingerprint density at radius 1 is 1.25 bits per heavy atom. The first kappa shape index (κ1) is 8.87. The summed E-state index contributed by atoms with van der Waals surface area (Å²) in [5, 5.41) is 18.3. The van der Waals surface area contributed by atoms with Crippen LogP contribution < -0.4 is 5.73 Å². The van der Waals surface area contributed by atoms with Crippen molar-refractivity contribution in [2.45, 2.75) is 19.9 Å². The molecule has 0 spiro atoms. The van der Waals surface area contributed by atoms with E-state index in [1.807, 2.05) is 13.8 Å². The molecular weight excluding hydrogens is 154 g/mol. The normalized spacial score (nSPS) is 12.9. The van der Waals surface area contributed by atoms with Crippen LogP contribution in [-0.4, -0.2) is 10.2 Å². The fourth-order valence-corrected chi connectivity index (χ4v) is 1.19. The highest BCUT2D eigenvalue weighted by Crippen LogP contribution is 2.30. The first-order chi connectivity index (χ1) is 5.52. The van der Waals surface area contributed by atoms with Crippen LogP contribution in [0.15, 0.2) is 12.1 Å². The van der Waals surface area contributed by atoms with Crippen molar-refractivity contribution in [2.24, 2.45) is 5.73 Å². The Hall–Kier alpha value is -1.22. The maximum atomic E-state index is 9.17. The van der Waals surface area contributed by atoms with E-state index in [1.54, 1.807) is 0 Å². The van der Waals surface area contributed by atoms with E-state index in [9.17, 15) is 0 Å². The zero-order valence-corrected chi connectivity index (χ0v) is 7.20. The summed E-state index contributed by atoms with van der Waals surface area (Å²) in [7, 11) is 0. The maximum Gasteiger partial charge on any atom is 0.157 e. The molecule has 1 aromatic rings. The Bertz CT molecular complexity index is 295. The van der Waals surface area contributed by atoms with Gasteiger partial charge in [0.15, 0.2) is 11.5 Å². The van der Waals surface area contributed by atoms with Crippen molar-refractivity contribution in [1.82, 2.24) is 0 Å². The van der Waals surface area contributed by atoms with E-state index in [4.69, 9.17) is 15.9 Å². The molecule has 0 radical (unpaired) electrons. The van der Waals surface area contributed by atoms with Gasteiger partial charge in [0.05, 0.1) is 0 Å². The summed E-state index contributed by atoms with van der Waals surface area (Å²) in [6, 6.07) is 2.88. The smallest absolute Gasteiger partial charge is 0.157 e. The predicted octanol–water partition coefficient (Wildman–Crippen LogP) is 1.43. The minimum atomic E-state index is -0.128. The highest BCUT2D eigenvalue weighted by molar-refractivity contribution is 5.45. The molecule has 0 aliphatic carbocycles. The minimum Gasteiger partial charge on any atom is -0.504 e. The van der Waals surface area contributed by atoms with Gasteiger partial charge >= 0.3 is 0 Å². The van der Waals surface area contributed by atoms with Crippen molar-refractivity contribution in [3.05, 3.63) is 23.3 Å². The average molecular weight is 167 g/mol. The molecule has 0 aromatic heterocycles. The molecule has 0 amide bonds. The van der Waals surface area contributed by atoms with E-state index in [0.717, 1.165) is 11.1 Å². The van der Waals surface area contributed by atoms with Gasteiger partial charge in [-0.2, -0.15) is 0 Å². The van der Waals surface area contributed by atoms with Gasteiger partial charge in [0.2, 0.25) is 0 Å². The van der Waals surface area contributed by atoms with E-state index < -0.39 is 0 Å². The van der Waals surface area contributed by atoms with Gasteiger partial charge in [0, 0.05) is 6.04 Å². The second kappa shape index (κ2) is 3.03. The van der Waals surface area contributed by atoms with Crippen molar-refractivity contribution < 1.29 is 10.2 Å². The molecule has 0 aliphatic heterocycles. The molecule has 0 saturated heterocycles. The lowest BCUT2D eigenvalue weighted by Crippen LogP contribution is -2.06. The van der Waals surface area contributed by atoms with Crippen LogP contribution in [0.3, 0.4) is 0 Å². The first-order valence-corrected chi connectivity index (χ1v) is 3.80. The third-order valence-electron chi connectivity index (χ3n) is 1.85. The Labute approximate surface area is 71.5 Å². The number of rotatable bonds is 1. The number of aryl methyl sites for hydroxylation is 1. The van der Waals surface area contributed by atoms with Gasteiger partial charge in [-0.15, -0.1) is 0 Å². The molecule has 0 aliphatic rings. The van der Waals surface area contributed by atoms with Gasteiger partial charge < -0.3 is 15.9 Å². The lowest BCUT2D eigenvalue weighted by molar-refractivity contribution is 0.402. The van der Waals surface area contributed by atoms with Crippen molar-refractivity contribution in [1.29, 1.82) is 0 Å². The number of hydrogen-bond acceptors (Lipinski definition) is 3. The van der Waals surface area contributed by atoms with Crippen LogP contribution in [0.1, 0.15) is 24.1 Å². The van der Waals surface area contributed by atoms with Gasteiger partial charge in [0.1, 0.15) is 0 Å². The van der Waals surface area contributed by atoms with Crippen LogP contribution in [0.2, 0.25) is 0 Å². The molecule has 0 fully saturated rings. The Morgan fingerprint density at radius 2 is 1.75 bits per heavy atom. The number of nitrogens with two attached hydrogens (primary N) is 1. The van der Waals surface area contributed by atoms with E-state index in [-0.39, 0.29) is 17.5 Å². The zero-order chi connectivity index (χ0) is 9.30. The van der Waals surface area contributed by atoms with Gasteiger partial charge in [-0.25, -0.2) is 0 Å². The van der Waals surface area contributed by atoms with Gasteiger partial charge in [-0.3, -0.25) is 0 Å². The molecule has 0 saturated carbocycles. The molecule has 12 heavy (non-hydrogen) atoms. The number of phenolic OH excluding ortho intramolecular Hbond substituents is 2. The summed E-state index contributed by atoms with van der Waals surface area (Å²) in [5.74, 6) is -0.218. The molecular formula is C9H13NO2. The number of aromatic hydroxyl groups is 2. The molecule has 1 unspecified atom stereocenters. The second-order valence-corrected chi connectivity index (χ2v) is 2.99. The lowest BCUT2D eigenvalue weighted by atomic mass is 10.0. The van der Waals surface area contributed by atoms with E-state index in [1.165, 1.54) is 12.1 Å². The van der Waals surface area contributed by atoms with Crippen molar-refractivity contribution in [2.75, 3.05) is 0 Å². The third kappa shape index (κ3) is 1.51. The first-order valence-electron chi connectivity index (χ1n) is 3.80. The molecule has 4 N–H and O–H groups in total. The van der Waals surface area contributed by atoms with Gasteiger partial charge in [-0.05, 0) is 37.1 Å². The standard InChI is InChI=1S/C9H13NO2/c1-5-3-8(11)9(12)4-7(5)6(2)10/h3-4,6,11-12H,10H2,1-2H3. The zero-order valence-electron chi connectivity index (χ0n) is 7.20. The highest BCUT2D eigenvalue weighted by Gasteiger charge is 2.07. The Balaban J connectivity index is 3.23. The van der Waals surface area contributed by atoms with Crippen LogP contribution in [0.5, 0.6) is 11.5 Å². The Morgan fingerprint density at radius 3 is 2.25 bits per heavy atom. The summed E-state index contributed by atoms with van der Waals surface area (Å²) in [6.45, 7) is 3.68. The summed E-state index contributed by atoms with van der Waals surface area (Å²) >= 11 is 0. The van der Waals surface area contributed by atoms with Crippen molar-refractivity contribution in [3.63, 3.8) is 0 Å². The molecule has 3 heteroatoms.